The molecular weight excluding hydrogens is 286 g/mol. The summed E-state index contributed by atoms with van der Waals surface area (Å²) in [5, 5.41) is 0.964. The molecule has 1 aromatic heterocycles. The number of benzene rings is 2. The van der Waals surface area contributed by atoms with Crippen LogP contribution in [0.15, 0.2) is 54.7 Å². The van der Waals surface area contributed by atoms with Crippen LogP contribution < -0.4 is 4.74 Å². The molecule has 0 aliphatic heterocycles. The Morgan fingerprint density at radius 3 is 2.70 bits per heavy atom. The molecule has 23 heavy (non-hydrogen) atoms. The lowest BCUT2D eigenvalue weighted by Crippen LogP contribution is -1.98. The Kier molecular flexibility index (Phi) is 4.77. The van der Waals surface area contributed by atoms with E-state index in [0.29, 0.717) is 6.61 Å². The van der Waals surface area contributed by atoms with Crippen molar-refractivity contribution in [3.63, 3.8) is 0 Å². The summed E-state index contributed by atoms with van der Waals surface area (Å²) in [5.41, 5.74) is 3.16. The van der Waals surface area contributed by atoms with Gasteiger partial charge in [0.2, 0.25) is 0 Å². The van der Waals surface area contributed by atoms with Gasteiger partial charge in [0.05, 0.1) is 6.61 Å². The van der Waals surface area contributed by atoms with Crippen LogP contribution in [-0.2, 0) is 13.0 Å². The van der Waals surface area contributed by atoms with Crippen molar-refractivity contribution in [3.8, 4) is 5.75 Å². The number of hydrogen-bond donors (Lipinski definition) is 0. The molecule has 3 rings (SSSR count). The second-order valence-corrected chi connectivity index (χ2v) is 5.60. The lowest BCUT2D eigenvalue weighted by molar-refractivity contribution is 0.112. The van der Waals surface area contributed by atoms with E-state index >= 15 is 0 Å². The molecule has 0 unspecified atom stereocenters. The highest BCUT2D eigenvalue weighted by Crippen LogP contribution is 2.25. The summed E-state index contributed by atoms with van der Waals surface area (Å²) < 4.78 is 7.70. The standard InChI is InChI=1S/C20H21NO2/c1-2-23-18-10-11-20-19(13-18)17(15-22)14-21(20)12-6-9-16-7-4-3-5-8-16/h3-5,7-8,10-11,13-15H,2,6,9,12H2,1H3. The molecule has 0 N–H and O–H groups in total. The average molecular weight is 307 g/mol. The van der Waals surface area contributed by atoms with Crippen molar-refractivity contribution in [2.45, 2.75) is 26.3 Å². The van der Waals surface area contributed by atoms with Gasteiger partial charge in [0.1, 0.15) is 5.75 Å². The number of rotatable bonds is 7. The van der Waals surface area contributed by atoms with Gasteiger partial charge in [0.25, 0.3) is 0 Å². The highest BCUT2D eigenvalue weighted by Gasteiger charge is 2.09. The van der Waals surface area contributed by atoms with Gasteiger partial charge in [-0.05, 0) is 43.5 Å². The van der Waals surface area contributed by atoms with Gasteiger partial charge in [-0.25, -0.2) is 0 Å². The number of hydrogen-bond acceptors (Lipinski definition) is 2. The zero-order valence-electron chi connectivity index (χ0n) is 13.4. The molecule has 0 aliphatic carbocycles. The van der Waals surface area contributed by atoms with Crippen molar-refractivity contribution in [3.05, 3.63) is 65.9 Å². The fourth-order valence-electron chi connectivity index (χ4n) is 2.94. The minimum atomic E-state index is 0.625. The average Bonchev–Trinajstić information content (AvgIpc) is 2.93. The SMILES string of the molecule is CCOc1ccc2c(c1)c(C=O)cn2CCCc1ccccc1. The molecule has 3 nitrogen and oxygen atoms in total. The van der Waals surface area contributed by atoms with Gasteiger partial charge in [-0.2, -0.15) is 0 Å². The lowest BCUT2D eigenvalue weighted by atomic mass is 10.1. The molecule has 2 aromatic carbocycles. The van der Waals surface area contributed by atoms with E-state index in [4.69, 9.17) is 4.74 Å². The summed E-state index contributed by atoms with van der Waals surface area (Å²) in [7, 11) is 0. The molecule has 0 amide bonds. The number of aromatic nitrogens is 1. The van der Waals surface area contributed by atoms with Gasteiger partial charge in [0, 0.05) is 29.2 Å². The zero-order valence-corrected chi connectivity index (χ0v) is 13.4. The first-order valence-corrected chi connectivity index (χ1v) is 8.06. The largest absolute Gasteiger partial charge is 0.494 e. The topological polar surface area (TPSA) is 31.2 Å². The monoisotopic (exact) mass is 307 g/mol. The summed E-state index contributed by atoms with van der Waals surface area (Å²) in [6, 6.07) is 16.4. The maximum atomic E-state index is 11.3. The number of fused-ring (bicyclic) bond motifs is 1. The van der Waals surface area contributed by atoms with Crippen LogP contribution in [-0.4, -0.2) is 17.5 Å². The number of nitrogens with zero attached hydrogens (tertiary/aromatic N) is 1. The van der Waals surface area contributed by atoms with Gasteiger partial charge >= 0.3 is 0 Å². The third-order valence-corrected chi connectivity index (χ3v) is 4.03. The quantitative estimate of drug-likeness (QED) is 0.602. The van der Waals surface area contributed by atoms with Crippen molar-refractivity contribution < 1.29 is 9.53 Å². The minimum absolute atomic E-state index is 0.625. The van der Waals surface area contributed by atoms with E-state index in [1.54, 1.807) is 0 Å². The predicted octanol–water partition coefficient (Wildman–Crippen LogP) is 4.49. The summed E-state index contributed by atoms with van der Waals surface area (Å²) in [6.45, 7) is 3.48. The Balaban J connectivity index is 1.79. The number of carbonyl (C=O) groups excluding carboxylic acids is 1. The van der Waals surface area contributed by atoms with Gasteiger partial charge in [-0.1, -0.05) is 30.3 Å². The van der Waals surface area contributed by atoms with E-state index in [1.165, 1.54) is 5.56 Å². The lowest BCUT2D eigenvalue weighted by Gasteiger charge is -2.07. The van der Waals surface area contributed by atoms with Crippen LogP contribution in [0.3, 0.4) is 0 Å². The first kappa shape index (κ1) is 15.3. The van der Waals surface area contributed by atoms with E-state index in [0.717, 1.165) is 47.9 Å². The molecule has 0 atom stereocenters. The smallest absolute Gasteiger partial charge is 0.152 e. The second-order valence-electron chi connectivity index (χ2n) is 5.60. The summed E-state index contributed by atoms with van der Waals surface area (Å²) in [6.07, 6.45) is 4.94. The van der Waals surface area contributed by atoms with Gasteiger partial charge in [-0.3, -0.25) is 4.79 Å². The maximum Gasteiger partial charge on any atom is 0.152 e. The Morgan fingerprint density at radius 2 is 1.96 bits per heavy atom. The van der Waals surface area contributed by atoms with E-state index in [9.17, 15) is 4.79 Å². The Morgan fingerprint density at radius 1 is 1.13 bits per heavy atom. The normalized spacial score (nSPS) is 10.8. The molecule has 3 heteroatoms. The predicted molar refractivity (Wildman–Crippen MR) is 93.3 cm³/mol. The molecule has 0 bridgehead atoms. The van der Waals surface area contributed by atoms with Crippen molar-refractivity contribution in [1.29, 1.82) is 0 Å². The first-order valence-electron chi connectivity index (χ1n) is 8.06. The van der Waals surface area contributed by atoms with Crippen molar-refractivity contribution >= 4 is 17.2 Å². The number of aryl methyl sites for hydroxylation is 2. The Hall–Kier alpha value is -2.55. The minimum Gasteiger partial charge on any atom is -0.494 e. The van der Waals surface area contributed by atoms with Crippen LogP contribution in [0.25, 0.3) is 10.9 Å². The van der Waals surface area contributed by atoms with Crippen molar-refractivity contribution in [1.82, 2.24) is 4.57 Å². The maximum absolute atomic E-state index is 11.3. The van der Waals surface area contributed by atoms with Gasteiger partial charge < -0.3 is 9.30 Å². The van der Waals surface area contributed by atoms with Gasteiger partial charge in [-0.15, -0.1) is 0 Å². The molecule has 3 aromatic rings. The highest BCUT2D eigenvalue weighted by atomic mass is 16.5. The summed E-state index contributed by atoms with van der Waals surface area (Å²) in [5.74, 6) is 0.810. The number of aldehydes is 1. The van der Waals surface area contributed by atoms with Crippen LogP contribution in [0.4, 0.5) is 0 Å². The number of carbonyl (C=O) groups is 1. The molecule has 0 saturated carbocycles. The molecule has 0 aliphatic rings. The van der Waals surface area contributed by atoms with E-state index in [2.05, 4.69) is 28.8 Å². The fraction of sp³-hybridized carbons (Fsp3) is 0.250. The molecular formula is C20H21NO2. The molecule has 0 spiro atoms. The van der Waals surface area contributed by atoms with E-state index < -0.39 is 0 Å². The van der Waals surface area contributed by atoms with Crippen LogP contribution in [0.2, 0.25) is 0 Å². The second kappa shape index (κ2) is 7.14. The number of ether oxygens (including phenoxy) is 1. The summed E-state index contributed by atoms with van der Waals surface area (Å²) >= 11 is 0. The molecule has 0 saturated heterocycles. The van der Waals surface area contributed by atoms with Crippen molar-refractivity contribution in [2.24, 2.45) is 0 Å². The van der Waals surface area contributed by atoms with E-state index in [-0.39, 0.29) is 0 Å². The van der Waals surface area contributed by atoms with Crippen LogP contribution in [0, 0.1) is 0 Å². The first-order chi connectivity index (χ1) is 11.3. The Labute approximate surface area is 136 Å². The molecule has 0 radical (unpaired) electrons. The zero-order chi connectivity index (χ0) is 16.1. The van der Waals surface area contributed by atoms with Crippen LogP contribution in [0.1, 0.15) is 29.3 Å². The van der Waals surface area contributed by atoms with Crippen LogP contribution >= 0.6 is 0 Å². The summed E-state index contributed by atoms with van der Waals surface area (Å²) in [4.78, 5) is 11.3. The molecule has 1 heterocycles. The van der Waals surface area contributed by atoms with Crippen LogP contribution in [0.5, 0.6) is 5.75 Å². The third-order valence-electron chi connectivity index (χ3n) is 4.03. The van der Waals surface area contributed by atoms with Gasteiger partial charge in [0.15, 0.2) is 6.29 Å². The van der Waals surface area contributed by atoms with E-state index in [1.807, 2.05) is 37.4 Å². The molecule has 0 fully saturated rings. The fourth-order valence-corrected chi connectivity index (χ4v) is 2.94. The molecule has 118 valence electrons. The highest BCUT2D eigenvalue weighted by molar-refractivity contribution is 5.98. The third kappa shape index (κ3) is 3.45. The Bertz CT molecular complexity index is 790. The van der Waals surface area contributed by atoms with Crippen molar-refractivity contribution in [2.75, 3.05) is 6.61 Å².